The first kappa shape index (κ1) is 12.0. The van der Waals surface area contributed by atoms with Crippen molar-refractivity contribution in [1.82, 2.24) is 20.2 Å². The van der Waals surface area contributed by atoms with E-state index in [4.69, 9.17) is 0 Å². The van der Waals surface area contributed by atoms with Gasteiger partial charge < -0.3 is 0 Å². The molecule has 1 heterocycles. The smallest absolute Gasteiger partial charge is 0.159 e. The Labute approximate surface area is 118 Å². The van der Waals surface area contributed by atoms with Crippen molar-refractivity contribution in [3.8, 4) is 5.69 Å². The molecule has 94 valence electrons. The molecule has 0 N–H and O–H groups in total. The zero-order chi connectivity index (χ0) is 12.5. The molecule has 2 aromatic rings. The lowest BCUT2D eigenvalue weighted by atomic mass is 10.1. The maximum Gasteiger partial charge on any atom is 0.159 e. The summed E-state index contributed by atoms with van der Waals surface area (Å²) in [6.07, 6.45) is 4.74. The van der Waals surface area contributed by atoms with Crippen molar-refractivity contribution >= 4 is 22.6 Å². The van der Waals surface area contributed by atoms with Gasteiger partial charge in [0.15, 0.2) is 5.82 Å². The van der Waals surface area contributed by atoms with Gasteiger partial charge in [-0.2, -0.15) is 4.68 Å². The zero-order valence-electron chi connectivity index (χ0n) is 9.68. The van der Waals surface area contributed by atoms with Crippen molar-refractivity contribution < 1.29 is 4.39 Å². The molecule has 0 aliphatic heterocycles. The molecular formula is C12H12FIN4. The predicted octanol–water partition coefficient (Wildman–Crippen LogP) is 3.06. The van der Waals surface area contributed by atoms with E-state index in [-0.39, 0.29) is 5.82 Å². The van der Waals surface area contributed by atoms with Crippen LogP contribution in [0, 0.1) is 9.39 Å². The van der Waals surface area contributed by atoms with Gasteiger partial charge in [-0.25, -0.2) is 4.39 Å². The SMILES string of the molecule is Fc1ccc(-n2nnnc2C2CCCC2)c(I)c1. The number of hydrogen-bond acceptors (Lipinski definition) is 3. The van der Waals surface area contributed by atoms with Crippen LogP contribution in [0.15, 0.2) is 18.2 Å². The molecule has 0 radical (unpaired) electrons. The van der Waals surface area contributed by atoms with Crippen molar-refractivity contribution in [2.75, 3.05) is 0 Å². The normalized spacial score (nSPS) is 16.3. The van der Waals surface area contributed by atoms with Crippen molar-refractivity contribution in [2.24, 2.45) is 0 Å². The van der Waals surface area contributed by atoms with E-state index in [1.807, 2.05) is 0 Å². The lowest BCUT2D eigenvalue weighted by molar-refractivity contribution is 0.619. The van der Waals surface area contributed by atoms with Crippen LogP contribution in [0.4, 0.5) is 4.39 Å². The van der Waals surface area contributed by atoms with Gasteiger partial charge in [0.05, 0.1) is 5.69 Å². The van der Waals surface area contributed by atoms with Gasteiger partial charge in [0.1, 0.15) is 5.82 Å². The Balaban J connectivity index is 2.03. The van der Waals surface area contributed by atoms with E-state index in [0.717, 1.165) is 27.9 Å². The minimum absolute atomic E-state index is 0.237. The largest absolute Gasteiger partial charge is 0.207 e. The van der Waals surface area contributed by atoms with E-state index in [9.17, 15) is 4.39 Å². The van der Waals surface area contributed by atoms with Gasteiger partial charge in [0, 0.05) is 9.49 Å². The topological polar surface area (TPSA) is 43.6 Å². The molecule has 0 atom stereocenters. The Bertz CT molecular complexity index is 563. The quantitative estimate of drug-likeness (QED) is 0.775. The highest BCUT2D eigenvalue weighted by Gasteiger charge is 2.24. The molecule has 1 aliphatic carbocycles. The highest BCUT2D eigenvalue weighted by molar-refractivity contribution is 14.1. The second kappa shape index (κ2) is 4.91. The van der Waals surface area contributed by atoms with E-state index in [1.54, 1.807) is 10.7 Å². The summed E-state index contributed by atoms with van der Waals surface area (Å²) in [6, 6.07) is 4.67. The van der Waals surface area contributed by atoms with Gasteiger partial charge >= 0.3 is 0 Å². The Morgan fingerprint density at radius 1 is 1.28 bits per heavy atom. The van der Waals surface area contributed by atoms with Crippen LogP contribution in [-0.4, -0.2) is 20.2 Å². The molecule has 1 aromatic carbocycles. The first-order valence-electron chi connectivity index (χ1n) is 5.99. The van der Waals surface area contributed by atoms with Crippen molar-refractivity contribution in [2.45, 2.75) is 31.6 Å². The van der Waals surface area contributed by atoms with E-state index >= 15 is 0 Å². The molecule has 0 unspecified atom stereocenters. The first-order valence-corrected chi connectivity index (χ1v) is 7.07. The highest BCUT2D eigenvalue weighted by Crippen LogP contribution is 2.33. The van der Waals surface area contributed by atoms with E-state index in [1.165, 1.54) is 25.0 Å². The molecule has 4 nitrogen and oxygen atoms in total. The van der Waals surface area contributed by atoms with E-state index < -0.39 is 0 Å². The molecule has 1 aliphatic rings. The second-order valence-electron chi connectivity index (χ2n) is 4.53. The lowest BCUT2D eigenvalue weighted by Gasteiger charge is -2.10. The maximum absolute atomic E-state index is 13.1. The Morgan fingerprint density at radius 3 is 2.78 bits per heavy atom. The fraction of sp³-hybridized carbons (Fsp3) is 0.417. The van der Waals surface area contributed by atoms with Crippen LogP contribution < -0.4 is 0 Å². The summed E-state index contributed by atoms with van der Waals surface area (Å²) < 4.78 is 15.7. The summed E-state index contributed by atoms with van der Waals surface area (Å²) in [4.78, 5) is 0. The van der Waals surface area contributed by atoms with Crippen LogP contribution in [0.1, 0.15) is 37.4 Å². The third-order valence-corrected chi connectivity index (χ3v) is 4.22. The van der Waals surface area contributed by atoms with Gasteiger partial charge in [-0.3, -0.25) is 0 Å². The Hall–Kier alpha value is -1.05. The third kappa shape index (κ3) is 2.13. The van der Waals surface area contributed by atoms with Gasteiger partial charge in [-0.1, -0.05) is 12.8 Å². The Morgan fingerprint density at radius 2 is 2.06 bits per heavy atom. The maximum atomic E-state index is 13.1. The molecular weight excluding hydrogens is 346 g/mol. The van der Waals surface area contributed by atoms with Crippen molar-refractivity contribution in [1.29, 1.82) is 0 Å². The lowest BCUT2D eigenvalue weighted by Crippen LogP contribution is -2.08. The predicted molar refractivity (Wildman–Crippen MR) is 73.0 cm³/mol. The number of tetrazole rings is 1. The van der Waals surface area contributed by atoms with Crippen LogP contribution in [0.2, 0.25) is 0 Å². The summed E-state index contributed by atoms with van der Waals surface area (Å²) in [6.45, 7) is 0. The van der Waals surface area contributed by atoms with E-state index in [2.05, 4.69) is 38.1 Å². The molecule has 3 rings (SSSR count). The third-order valence-electron chi connectivity index (χ3n) is 3.35. The number of rotatable bonds is 2. The van der Waals surface area contributed by atoms with Crippen LogP contribution in [0.3, 0.4) is 0 Å². The van der Waals surface area contributed by atoms with E-state index in [0.29, 0.717) is 5.92 Å². The van der Waals surface area contributed by atoms with Gasteiger partial charge in [0.2, 0.25) is 0 Å². The summed E-state index contributed by atoms with van der Waals surface area (Å²) in [5.41, 5.74) is 0.851. The molecule has 18 heavy (non-hydrogen) atoms. The summed E-state index contributed by atoms with van der Waals surface area (Å²) in [5, 5.41) is 12.0. The molecule has 1 aromatic heterocycles. The molecule has 0 amide bonds. The fourth-order valence-corrected chi connectivity index (χ4v) is 3.16. The first-order chi connectivity index (χ1) is 8.75. The summed E-state index contributed by atoms with van der Waals surface area (Å²) in [5.74, 6) is 1.09. The molecule has 0 spiro atoms. The molecule has 0 bridgehead atoms. The fourth-order valence-electron chi connectivity index (χ4n) is 2.46. The minimum Gasteiger partial charge on any atom is -0.207 e. The molecule has 6 heteroatoms. The Kier molecular flexibility index (Phi) is 3.27. The standard InChI is InChI=1S/C12H12FIN4/c13-9-5-6-11(10(14)7-9)18-12(15-16-17-18)8-3-1-2-4-8/h5-8H,1-4H2. The minimum atomic E-state index is -0.237. The molecule has 0 saturated heterocycles. The molecule has 1 fully saturated rings. The monoisotopic (exact) mass is 358 g/mol. The van der Waals surface area contributed by atoms with Crippen LogP contribution in [0.25, 0.3) is 5.69 Å². The second-order valence-corrected chi connectivity index (χ2v) is 5.69. The average Bonchev–Trinajstić information content (AvgIpc) is 2.98. The van der Waals surface area contributed by atoms with Gasteiger partial charge in [-0.05, 0) is 64.1 Å². The number of hydrogen-bond donors (Lipinski definition) is 0. The van der Waals surface area contributed by atoms with Crippen LogP contribution in [0.5, 0.6) is 0 Å². The van der Waals surface area contributed by atoms with Crippen molar-refractivity contribution in [3.05, 3.63) is 33.4 Å². The molecule has 1 saturated carbocycles. The van der Waals surface area contributed by atoms with Gasteiger partial charge in [-0.15, -0.1) is 5.10 Å². The number of aromatic nitrogens is 4. The number of benzene rings is 1. The number of halogens is 2. The highest BCUT2D eigenvalue weighted by atomic mass is 127. The van der Waals surface area contributed by atoms with Gasteiger partial charge in [0.25, 0.3) is 0 Å². The zero-order valence-corrected chi connectivity index (χ0v) is 11.8. The van der Waals surface area contributed by atoms with Crippen LogP contribution in [-0.2, 0) is 0 Å². The van der Waals surface area contributed by atoms with Crippen molar-refractivity contribution in [3.63, 3.8) is 0 Å². The average molecular weight is 358 g/mol. The van der Waals surface area contributed by atoms with Crippen LogP contribution >= 0.6 is 22.6 Å². The number of nitrogens with zero attached hydrogens (tertiary/aromatic N) is 4. The summed E-state index contributed by atoms with van der Waals surface area (Å²) >= 11 is 2.11. The summed E-state index contributed by atoms with van der Waals surface area (Å²) in [7, 11) is 0.